The van der Waals surface area contributed by atoms with E-state index in [2.05, 4.69) is 88.1 Å². The van der Waals surface area contributed by atoms with Crippen LogP contribution in [0.2, 0.25) is 0 Å². The lowest BCUT2D eigenvalue weighted by molar-refractivity contribution is -0.142. The van der Waals surface area contributed by atoms with Crippen LogP contribution in [0.15, 0.2) is 170 Å². The zero-order valence-corrected chi connectivity index (χ0v) is 77.3. The molecular formula is C102H140N16O12. The van der Waals surface area contributed by atoms with E-state index in [0.717, 1.165) is 84.7 Å². The van der Waals surface area contributed by atoms with Gasteiger partial charge in [0.1, 0.15) is 48.3 Å². The van der Waals surface area contributed by atoms with Crippen molar-refractivity contribution in [2.24, 2.45) is 0 Å². The van der Waals surface area contributed by atoms with E-state index in [1.54, 1.807) is 75.5 Å². The lowest BCUT2D eigenvalue weighted by atomic mass is 9.87. The predicted molar refractivity (Wildman–Crippen MR) is 502 cm³/mol. The summed E-state index contributed by atoms with van der Waals surface area (Å²) in [6.07, 6.45) is 17.4. The van der Waals surface area contributed by atoms with Crippen LogP contribution < -0.4 is 63.8 Å². The number of rotatable bonds is 42. The van der Waals surface area contributed by atoms with Crippen LogP contribution in [0.5, 0.6) is 0 Å². The summed E-state index contributed by atoms with van der Waals surface area (Å²) in [5.41, 5.74) is 8.51. The molecule has 0 radical (unpaired) electrons. The molecule has 4 fully saturated rings. The van der Waals surface area contributed by atoms with E-state index in [4.69, 9.17) is 0 Å². The Morgan fingerprint density at radius 2 is 0.523 bits per heavy atom. The van der Waals surface area contributed by atoms with Gasteiger partial charge in [-0.15, -0.1) is 0 Å². The van der Waals surface area contributed by atoms with Crippen LogP contribution in [0, 0.1) is 0 Å². The molecule has 2 aliphatic carbocycles. The van der Waals surface area contributed by atoms with Crippen LogP contribution in [-0.4, -0.2) is 217 Å². The summed E-state index contributed by atoms with van der Waals surface area (Å²) < 4.78 is 0. The molecule has 14 atom stereocenters. The molecule has 700 valence electrons. The Morgan fingerprint density at radius 1 is 0.285 bits per heavy atom. The summed E-state index contributed by atoms with van der Waals surface area (Å²) in [6.45, 7) is 8.65. The second-order valence-corrected chi connectivity index (χ2v) is 35.9. The van der Waals surface area contributed by atoms with Gasteiger partial charge in [0.15, 0.2) is 0 Å². The molecule has 0 bridgehead atoms. The highest BCUT2D eigenvalue weighted by Gasteiger charge is 2.44. The maximum Gasteiger partial charge on any atom is 0.245 e. The number of hydrogen-bond acceptors (Lipinski definition) is 16. The molecule has 0 unspecified atom stereocenters. The monoisotopic (exact) mass is 1780 g/mol. The van der Waals surface area contributed by atoms with Gasteiger partial charge in [-0.3, -0.25) is 57.5 Å². The predicted octanol–water partition coefficient (Wildman–Crippen LogP) is 9.19. The number of amides is 12. The maximum atomic E-state index is 14.4. The molecule has 28 nitrogen and oxygen atoms in total. The number of carbonyl (C=O) groups excluding carboxylic acids is 12. The van der Waals surface area contributed by atoms with E-state index in [9.17, 15) is 57.5 Å². The smallest absolute Gasteiger partial charge is 0.245 e. The molecular weight excluding hydrogens is 1640 g/mol. The third-order valence-electron chi connectivity index (χ3n) is 27.1. The first-order valence-electron chi connectivity index (χ1n) is 47.7. The first-order valence-corrected chi connectivity index (χ1v) is 47.7. The minimum atomic E-state index is -0.844. The number of likely N-dealkylation sites (N-methyl/N-ethyl adjacent to an activating group) is 4. The van der Waals surface area contributed by atoms with Gasteiger partial charge in [-0.1, -0.05) is 221 Å². The van der Waals surface area contributed by atoms with Crippen molar-refractivity contribution in [3.05, 3.63) is 214 Å². The Bertz CT molecular complexity index is 4350. The molecule has 0 aromatic heterocycles. The summed E-state index contributed by atoms with van der Waals surface area (Å²) >= 11 is 0. The Balaban J connectivity index is 0.000000252. The van der Waals surface area contributed by atoms with Crippen molar-refractivity contribution in [1.29, 1.82) is 0 Å². The minimum Gasteiger partial charge on any atom is -0.347 e. The van der Waals surface area contributed by atoms with Crippen molar-refractivity contribution in [2.75, 3.05) is 54.4 Å². The number of benzene rings is 6. The fourth-order valence-electron chi connectivity index (χ4n) is 19.0. The van der Waals surface area contributed by atoms with Crippen LogP contribution >= 0.6 is 0 Å². The van der Waals surface area contributed by atoms with Crippen LogP contribution in [-0.2, 0) is 70.4 Å². The normalized spacial score (nSPS) is 20.0. The van der Waals surface area contributed by atoms with Gasteiger partial charge in [0, 0.05) is 26.2 Å². The van der Waals surface area contributed by atoms with E-state index in [1.807, 2.05) is 146 Å². The topological polar surface area (TPSA) is 362 Å². The molecule has 0 spiro atoms. The largest absolute Gasteiger partial charge is 0.347 e. The highest BCUT2D eigenvalue weighted by atomic mass is 16.2. The summed E-state index contributed by atoms with van der Waals surface area (Å²) in [6, 6.07) is 46.5. The minimum absolute atomic E-state index is 0.0896. The average molecular weight is 1780 g/mol. The molecule has 6 aromatic rings. The van der Waals surface area contributed by atoms with E-state index in [1.165, 1.54) is 11.1 Å². The van der Waals surface area contributed by atoms with Crippen LogP contribution in [0.1, 0.15) is 250 Å². The second kappa shape index (κ2) is 50.3. The molecule has 4 heterocycles. The standard InChI is InChI=1S/C54H70N8O6.C48H70N8O6/c1-37(55-3)49(63)57-43(53(67)61-35-21-33-45(61)51(65)59-47(39-23-11-7-12-24-39)40-25-13-8-14-26-40)31-19-5-6-20-32-44(58-50(64)38(2)56-4)54(68)62-36-22-34-46(62)52(66)60-48(41-27-15-9-16-28-41)42-29-17-10-18-30-42;1-31(49-3)43(57)53-39(47(61)55-29-15-27-41(55)45(59)51-37-25-13-19-33-17-9-11-21-35(33)37)23-7-5-6-8-24-40(54-44(58)32(2)50-4)48(62)56-30-16-28-42(56)46(60)52-38-26-14-20-34-18-10-12-22-36(34)38/h7-18,23-30,37-38,43-48,55-56H,5-6,19-22,31-36H2,1-4H3,(H,57,63)(H,58,64)(H,59,65)(H,60,66);9-12,17-18,21-22,31-32,37-42,49-50H,5-8,13-16,19-20,23-30H2,1-4H3,(H,51,59)(H,52,60)(H,53,57)(H,54,58)/t37-,38-,43-,44-,45-,46-;31-,32-,37+,38+,39-,40-,41-,42-/m00/s1. The Hall–Kier alpha value is -11.2. The lowest BCUT2D eigenvalue weighted by Crippen LogP contribution is -2.55. The summed E-state index contributed by atoms with van der Waals surface area (Å²) in [5, 5.41) is 36.6. The molecule has 28 heteroatoms. The van der Waals surface area contributed by atoms with Crippen molar-refractivity contribution < 1.29 is 57.5 Å². The third-order valence-corrected chi connectivity index (χ3v) is 27.1. The van der Waals surface area contributed by atoms with E-state index in [-0.39, 0.29) is 83.0 Å². The number of fused-ring (bicyclic) bond motifs is 2. The average Bonchev–Trinajstić information content (AvgIpc) is 1.67. The van der Waals surface area contributed by atoms with Crippen molar-refractivity contribution >= 4 is 70.9 Å². The zero-order chi connectivity index (χ0) is 92.6. The van der Waals surface area contributed by atoms with E-state index in [0.29, 0.717) is 142 Å². The van der Waals surface area contributed by atoms with Gasteiger partial charge in [-0.25, -0.2) is 0 Å². The summed E-state index contributed by atoms with van der Waals surface area (Å²) in [5.74, 6) is -3.03. The van der Waals surface area contributed by atoms with Gasteiger partial charge in [0.2, 0.25) is 70.9 Å². The molecule has 6 aliphatic rings. The van der Waals surface area contributed by atoms with Crippen molar-refractivity contribution in [3.8, 4) is 0 Å². The number of nitrogens with zero attached hydrogens (tertiary/aromatic N) is 4. The van der Waals surface area contributed by atoms with Crippen molar-refractivity contribution in [1.82, 2.24) is 83.4 Å². The van der Waals surface area contributed by atoms with Gasteiger partial charge in [0.25, 0.3) is 0 Å². The SMILES string of the molecule is CN[C@@H](C)C(=O)N[C@@H](CCCCCC[C@H](NC(=O)[C@H](C)NC)C(=O)N1CCC[C@H]1C(=O)NC(c1ccccc1)c1ccccc1)C(=O)N1CCC[C@H]1C(=O)NC(c1ccccc1)c1ccccc1.CN[C@@H](C)C(=O)N[C@@H](CCCCCC[C@H](NC(=O)[C@H](C)NC)C(=O)N1CCC[C@H]1C(=O)N[C@@H]1CCCc2ccccc21)C(=O)N1CCC[C@H]1C(=O)N[C@@H]1CCCc2ccccc21. The van der Waals surface area contributed by atoms with Crippen LogP contribution in [0.4, 0.5) is 0 Å². The van der Waals surface area contributed by atoms with Gasteiger partial charge in [-0.2, -0.15) is 0 Å². The maximum absolute atomic E-state index is 14.4. The fraction of sp³-hybridized carbons (Fsp3) is 0.529. The highest BCUT2D eigenvalue weighted by molar-refractivity contribution is 5.97. The first kappa shape index (κ1) is 99.4. The lowest BCUT2D eigenvalue weighted by Gasteiger charge is -2.32. The van der Waals surface area contributed by atoms with Gasteiger partial charge in [-0.05, 0) is 216 Å². The molecule has 0 saturated carbocycles. The van der Waals surface area contributed by atoms with Gasteiger partial charge < -0.3 is 83.4 Å². The van der Waals surface area contributed by atoms with Crippen molar-refractivity contribution in [2.45, 2.75) is 291 Å². The van der Waals surface area contributed by atoms with Gasteiger partial charge in [0.05, 0.1) is 48.3 Å². The Labute approximate surface area is 767 Å². The molecule has 6 aromatic carbocycles. The molecule has 12 N–H and O–H groups in total. The Kier molecular flexibility index (Phi) is 38.4. The third kappa shape index (κ3) is 27.0. The van der Waals surface area contributed by atoms with E-state index >= 15 is 0 Å². The van der Waals surface area contributed by atoms with Gasteiger partial charge >= 0.3 is 0 Å². The molecule has 12 amide bonds. The molecule has 4 aliphatic heterocycles. The second-order valence-electron chi connectivity index (χ2n) is 35.9. The quantitative estimate of drug-likeness (QED) is 0.0159. The molecule has 4 saturated heterocycles. The Morgan fingerprint density at radius 3 is 0.777 bits per heavy atom. The first-order chi connectivity index (χ1) is 63.0. The fourth-order valence-corrected chi connectivity index (χ4v) is 19.0. The number of carbonyl (C=O) groups is 12. The number of nitrogens with one attached hydrogen (secondary N) is 12. The zero-order valence-electron chi connectivity index (χ0n) is 77.3. The molecule has 130 heavy (non-hydrogen) atoms. The number of likely N-dealkylation sites (tertiary alicyclic amines) is 4. The number of unbranched alkanes of at least 4 members (excludes halogenated alkanes) is 6. The summed E-state index contributed by atoms with van der Waals surface area (Å²) in [4.78, 5) is 172. The highest BCUT2D eigenvalue weighted by Crippen LogP contribution is 2.35. The summed E-state index contributed by atoms with van der Waals surface area (Å²) in [7, 11) is 6.76. The van der Waals surface area contributed by atoms with E-state index < -0.39 is 84.6 Å². The van der Waals surface area contributed by atoms with Crippen LogP contribution in [0.25, 0.3) is 0 Å². The van der Waals surface area contributed by atoms with Crippen molar-refractivity contribution in [3.63, 3.8) is 0 Å². The number of hydrogen-bond donors (Lipinski definition) is 12. The van der Waals surface area contributed by atoms with Crippen LogP contribution in [0.3, 0.4) is 0 Å². The number of aryl methyl sites for hydroxylation is 2. The molecule has 12 rings (SSSR count).